The third-order valence-corrected chi connectivity index (χ3v) is 4.55. The maximum absolute atomic E-state index is 5.64. The van der Waals surface area contributed by atoms with Crippen molar-refractivity contribution in [3.8, 4) is 0 Å². The minimum atomic E-state index is -0.481. The zero-order chi connectivity index (χ0) is 17.4. The Morgan fingerprint density at radius 3 is 2.80 bits per heavy atom. The van der Waals surface area contributed by atoms with Gasteiger partial charge in [-0.2, -0.15) is 0 Å². The molecular weight excluding hydrogens is 322 g/mol. The van der Waals surface area contributed by atoms with Gasteiger partial charge in [0.25, 0.3) is 0 Å². The van der Waals surface area contributed by atoms with Gasteiger partial charge in [-0.05, 0) is 25.5 Å². The van der Waals surface area contributed by atoms with Gasteiger partial charge >= 0.3 is 0 Å². The molecule has 0 aromatic carbocycles. The van der Waals surface area contributed by atoms with Crippen molar-refractivity contribution < 1.29 is 18.6 Å². The first-order valence-electron chi connectivity index (χ1n) is 9.14. The fourth-order valence-corrected chi connectivity index (χ4v) is 2.99. The fourth-order valence-electron chi connectivity index (χ4n) is 2.99. The molecule has 2 aliphatic rings. The van der Waals surface area contributed by atoms with Crippen LogP contribution in [0.25, 0.3) is 0 Å². The number of ether oxygens (including phenoxy) is 3. The summed E-state index contributed by atoms with van der Waals surface area (Å²) in [4.78, 5) is 4.71. The van der Waals surface area contributed by atoms with E-state index in [2.05, 4.69) is 10.6 Å². The molecular formula is C18H29N3O4. The van der Waals surface area contributed by atoms with Gasteiger partial charge in [0, 0.05) is 45.0 Å². The molecule has 2 saturated heterocycles. The van der Waals surface area contributed by atoms with Crippen LogP contribution in [0.4, 0.5) is 0 Å². The Kier molecular flexibility index (Phi) is 6.72. The van der Waals surface area contributed by atoms with E-state index in [0.29, 0.717) is 19.1 Å². The quantitative estimate of drug-likeness (QED) is 0.547. The lowest BCUT2D eigenvalue weighted by atomic mass is 10.1. The average molecular weight is 351 g/mol. The summed E-state index contributed by atoms with van der Waals surface area (Å²) >= 11 is 0. The van der Waals surface area contributed by atoms with Crippen molar-refractivity contribution in [2.24, 2.45) is 10.9 Å². The van der Waals surface area contributed by atoms with Crippen molar-refractivity contribution in [3.63, 3.8) is 0 Å². The van der Waals surface area contributed by atoms with E-state index in [0.717, 1.165) is 63.8 Å². The summed E-state index contributed by atoms with van der Waals surface area (Å²) in [7, 11) is 0. The summed E-state index contributed by atoms with van der Waals surface area (Å²) < 4.78 is 22.1. The molecule has 0 spiro atoms. The SMILES string of the molecule is CC1(CCNC(=NCC2CCOC2)NCCc2ccco2)OCCO1. The molecule has 3 heterocycles. The summed E-state index contributed by atoms with van der Waals surface area (Å²) in [5.74, 6) is 1.82. The summed E-state index contributed by atoms with van der Waals surface area (Å²) in [5.41, 5.74) is 0. The molecule has 0 radical (unpaired) electrons. The molecule has 7 nitrogen and oxygen atoms in total. The Labute approximate surface area is 149 Å². The molecule has 1 atom stereocenters. The van der Waals surface area contributed by atoms with Gasteiger partial charge in [0.15, 0.2) is 11.7 Å². The van der Waals surface area contributed by atoms with Crippen molar-refractivity contribution in [1.29, 1.82) is 0 Å². The van der Waals surface area contributed by atoms with Crippen LogP contribution in [-0.4, -0.2) is 57.8 Å². The number of aliphatic imine (C=N–C) groups is 1. The third-order valence-electron chi connectivity index (χ3n) is 4.55. The van der Waals surface area contributed by atoms with Gasteiger partial charge < -0.3 is 29.3 Å². The highest BCUT2D eigenvalue weighted by molar-refractivity contribution is 5.79. The predicted octanol–water partition coefficient (Wildman–Crippen LogP) is 1.55. The van der Waals surface area contributed by atoms with E-state index in [9.17, 15) is 0 Å². The van der Waals surface area contributed by atoms with Gasteiger partial charge in [-0.15, -0.1) is 0 Å². The number of hydrogen-bond donors (Lipinski definition) is 2. The summed E-state index contributed by atoms with van der Waals surface area (Å²) in [6.07, 6.45) is 4.39. The molecule has 0 saturated carbocycles. The second-order valence-corrected chi connectivity index (χ2v) is 6.68. The zero-order valence-corrected chi connectivity index (χ0v) is 15.0. The van der Waals surface area contributed by atoms with Gasteiger partial charge in [-0.25, -0.2) is 0 Å². The summed E-state index contributed by atoms with van der Waals surface area (Å²) in [6.45, 7) is 7.26. The Morgan fingerprint density at radius 1 is 1.24 bits per heavy atom. The van der Waals surface area contributed by atoms with Crippen LogP contribution in [0.3, 0.4) is 0 Å². The van der Waals surface area contributed by atoms with E-state index in [-0.39, 0.29) is 0 Å². The molecule has 0 aliphatic carbocycles. The molecule has 1 aromatic heterocycles. The second-order valence-electron chi connectivity index (χ2n) is 6.68. The number of hydrogen-bond acceptors (Lipinski definition) is 5. The molecule has 1 unspecified atom stereocenters. The van der Waals surface area contributed by atoms with E-state index in [1.807, 2.05) is 19.1 Å². The topological polar surface area (TPSA) is 77.3 Å². The van der Waals surface area contributed by atoms with Crippen LogP contribution in [0, 0.1) is 5.92 Å². The Balaban J connectivity index is 1.45. The van der Waals surface area contributed by atoms with Crippen molar-refractivity contribution in [2.75, 3.05) is 46.1 Å². The largest absolute Gasteiger partial charge is 0.469 e. The van der Waals surface area contributed by atoms with Crippen LogP contribution < -0.4 is 10.6 Å². The van der Waals surface area contributed by atoms with Crippen LogP contribution in [0.1, 0.15) is 25.5 Å². The summed E-state index contributed by atoms with van der Waals surface area (Å²) in [6, 6.07) is 3.89. The van der Waals surface area contributed by atoms with Gasteiger partial charge in [0.1, 0.15) is 5.76 Å². The van der Waals surface area contributed by atoms with Crippen LogP contribution in [0.15, 0.2) is 27.8 Å². The number of nitrogens with zero attached hydrogens (tertiary/aromatic N) is 1. The Hall–Kier alpha value is -1.57. The minimum absolute atomic E-state index is 0.481. The first-order chi connectivity index (χ1) is 12.2. The Bertz CT molecular complexity index is 520. The normalized spacial score (nSPS) is 23.1. The highest BCUT2D eigenvalue weighted by atomic mass is 16.7. The number of guanidine groups is 1. The van der Waals surface area contributed by atoms with E-state index in [1.54, 1.807) is 6.26 Å². The van der Waals surface area contributed by atoms with Crippen molar-refractivity contribution in [1.82, 2.24) is 10.6 Å². The molecule has 1 aromatic rings. The smallest absolute Gasteiger partial charge is 0.191 e. The van der Waals surface area contributed by atoms with Crippen molar-refractivity contribution >= 4 is 5.96 Å². The molecule has 2 aliphatic heterocycles. The monoisotopic (exact) mass is 351 g/mol. The number of nitrogens with one attached hydrogen (secondary N) is 2. The minimum Gasteiger partial charge on any atom is -0.469 e. The first-order valence-corrected chi connectivity index (χ1v) is 9.14. The van der Waals surface area contributed by atoms with E-state index in [1.165, 1.54) is 0 Å². The number of rotatable bonds is 8. The third kappa shape index (κ3) is 6.02. The Morgan fingerprint density at radius 2 is 2.08 bits per heavy atom. The van der Waals surface area contributed by atoms with E-state index >= 15 is 0 Å². The highest BCUT2D eigenvalue weighted by Gasteiger charge is 2.30. The molecule has 0 amide bonds. The van der Waals surface area contributed by atoms with Gasteiger partial charge in [-0.1, -0.05) is 0 Å². The summed E-state index contributed by atoms with van der Waals surface area (Å²) in [5, 5.41) is 6.76. The maximum atomic E-state index is 5.64. The van der Waals surface area contributed by atoms with Gasteiger partial charge in [0.05, 0.1) is 26.1 Å². The molecule has 2 N–H and O–H groups in total. The molecule has 0 bridgehead atoms. The first kappa shape index (κ1) is 18.2. The van der Waals surface area contributed by atoms with Crippen molar-refractivity contribution in [2.45, 2.75) is 32.0 Å². The highest BCUT2D eigenvalue weighted by Crippen LogP contribution is 2.21. The van der Waals surface area contributed by atoms with Crippen LogP contribution >= 0.6 is 0 Å². The molecule has 25 heavy (non-hydrogen) atoms. The zero-order valence-electron chi connectivity index (χ0n) is 15.0. The lowest BCUT2D eigenvalue weighted by molar-refractivity contribution is -0.145. The van der Waals surface area contributed by atoms with Crippen LogP contribution in [0.2, 0.25) is 0 Å². The standard InChI is InChI=1S/C18H29N3O4/c1-18(24-11-12-25-18)6-8-20-17(21-13-15-5-10-22-14-15)19-7-4-16-3-2-9-23-16/h2-3,9,15H,4-8,10-14H2,1H3,(H2,19,20,21). The molecule has 3 rings (SSSR count). The molecule has 2 fully saturated rings. The van der Waals surface area contributed by atoms with Gasteiger partial charge in [-0.3, -0.25) is 4.99 Å². The van der Waals surface area contributed by atoms with E-state index < -0.39 is 5.79 Å². The molecule has 7 heteroatoms. The van der Waals surface area contributed by atoms with Crippen LogP contribution in [-0.2, 0) is 20.6 Å². The number of furan rings is 1. The van der Waals surface area contributed by atoms with Crippen molar-refractivity contribution in [3.05, 3.63) is 24.2 Å². The lowest BCUT2D eigenvalue weighted by Crippen LogP contribution is -2.41. The maximum Gasteiger partial charge on any atom is 0.191 e. The average Bonchev–Trinajstić information content (AvgIpc) is 3.35. The van der Waals surface area contributed by atoms with E-state index in [4.69, 9.17) is 23.6 Å². The second kappa shape index (κ2) is 9.22. The van der Waals surface area contributed by atoms with Gasteiger partial charge in [0.2, 0.25) is 0 Å². The lowest BCUT2D eigenvalue weighted by Gasteiger charge is -2.23. The van der Waals surface area contributed by atoms with Crippen LogP contribution in [0.5, 0.6) is 0 Å². The predicted molar refractivity (Wildman–Crippen MR) is 94.6 cm³/mol. The molecule has 140 valence electrons. The fraction of sp³-hybridized carbons (Fsp3) is 0.722.